The Morgan fingerprint density at radius 2 is 0.618 bits per heavy atom. The minimum absolute atomic E-state index is 0.0137. The van der Waals surface area contributed by atoms with E-state index in [1.807, 2.05) is 39.0 Å². The fourth-order valence-electron chi connectivity index (χ4n) is 16.9. The number of carbonyl (C=O) groups is 14. The maximum atomic E-state index is 12.7. The first-order valence-electron chi connectivity index (χ1n) is 45.3. The van der Waals surface area contributed by atoms with E-state index in [0.29, 0.717) is 115 Å². The molecular formula is C85H137B7Cl2N14O28. The average molecular weight is 1950 g/mol. The summed E-state index contributed by atoms with van der Waals surface area (Å²) in [5.41, 5.74) is 3.63. The van der Waals surface area contributed by atoms with E-state index in [1.54, 1.807) is 112 Å². The zero-order valence-corrected chi connectivity index (χ0v) is 82.3. The number of nitrogens with zero attached hydrogens (tertiary/aromatic N) is 14. The number of likely N-dealkylation sites (tertiary alicyclic amines) is 7. The summed E-state index contributed by atoms with van der Waals surface area (Å²) in [7, 11) is 0.155. The number of aryl methyl sites for hydroxylation is 3. The van der Waals surface area contributed by atoms with Gasteiger partial charge in [0.2, 0.25) is 65.5 Å². The van der Waals surface area contributed by atoms with Crippen molar-refractivity contribution in [3.05, 3.63) is 104 Å². The highest BCUT2D eigenvalue weighted by Crippen LogP contribution is 2.29. The maximum absolute atomic E-state index is 12.7. The van der Waals surface area contributed by atoms with Crippen LogP contribution in [0.5, 0.6) is 0 Å². The van der Waals surface area contributed by atoms with Gasteiger partial charge in [0.25, 0.3) is 17.7 Å². The van der Waals surface area contributed by atoms with Crippen LogP contribution < -0.4 is 0 Å². The Balaban J connectivity index is 0.000000333. The number of hydrogen-bond donors (Lipinski definition) is 14. The van der Waals surface area contributed by atoms with Crippen molar-refractivity contribution in [2.24, 2.45) is 11.3 Å². The summed E-state index contributed by atoms with van der Waals surface area (Å²) in [5, 5.41) is 129. The molecule has 7 fully saturated rings. The van der Waals surface area contributed by atoms with Crippen LogP contribution in [0.3, 0.4) is 0 Å². The summed E-state index contributed by atoms with van der Waals surface area (Å²) in [5.74, 6) is -7.21. The Kier molecular flexibility index (Phi) is 49.6. The van der Waals surface area contributed by atoms with Crippen LogP contribution in [-0.2, 0) is 52.7 Å². The van der Waals surface area contributed by atoms with Gasteiger partial charge in [0, 0.05) is 125 Å². The molecule has 10 rings (SSSR count). The van der Waals surface area contributed by atoms with E-state index in [1.165, 1.54) is 89.6 Å². The Hall–Kier alpha value is -9.29. The second-order valence-corrected chi connectivity index (χ2v) is 37.2. The zero-order valence-electron chi connectivity index (χ0n) is 80.8. The highest BCUT2D eigenvalue weighted by Gasteiger charge is 2.45. The molecule has 136 heavy (non-hydrogen) atoms. The fourth-order valence-corrected chi connectivity index (χ4v) is 17.4. The topological polar surface area (TPSA) is 568 Å². The third-order valence-electron chi connectivity index (χ3n) is 24.1. The van der Waals surface area contributed by atoms with Crippen molar-refractivity contribution >= 4 is 156 Å². The van der Waals surface area contributed by atoms with Gasteiger partial charge in [0.05, 0.1) is 103 Å². The van der Waals surface area contributed by atoms with Crippen LogP contribution in [0.15, 0.2) is 60.7 Å². The van der Waals surface area contributed by atoms with Crippen molar-refractivity contribution in [3.63, 3.8) is 0 Å². The van der Waals surface area contributed by atoms with Crippen LogP contribution in [0, 0.1) is 32.1 Å². The summed E-state index contributed by atoms with van der Waals surface area (Å²) in [6.45, 7) is 19.2. The van der Waals surface area contributed by atoms with E-state index in [9.17, 15) is 117 Å². The molecule has 7 unspecified atom stereocenters. The number of rotatable bonds is 26. The van der Waals surface area contributed by atoms with Gasteiger partial charge in [0.15, 0.2) is 0 Å². The molecule has 0 aromatic heterocycles. The summed E-state index contributed by atoms with van der Waals surface area (Å²) < 4.78 is 0. The highest BCUT2D eigenvalue weighted by atomic mass is 35.5. The predicted molar refractivity (Wildman–Crippen MR) is 510 cm³/mol. The summed E-state index contributed by atoms with van der Waals surface area (Å²) >= 11 is 12.0. The molecule has 0 radical (unpaired) electrons. The summed E-state index contributed by atoms with van der Waals surface area (Å²) in [4.78, 5) is 186. The van der Waals surface area contributed by atoms with Gasteiger partial charge >= 0.3 is 49.8 Å². The molecule has 3 aromatic carbocycles. The second-order valence-electron chi connectivity index (χ2n) is 36.3. The number of hydrogen-bond acceptors (Lipinski definition) is 28. The molecule has 7 aliphatic heterocycles. The van der Waals surface area contributed by atoms with Gasteiger partial charge in [-0.05, 0) is 146 Å². The van der Waals surface area contributed by atoms with Crippen LogP contribution in [0.2, 0.25) is 10.0 Å². The highest BCUT2D eigenvalue weighted by molar-refractivity contribution is 6.46. The molecule has 7 heterocycles. The van der Waals surface area contributed by atoms with Crippen molar-refractivity contribution in [3.8, 4) is 0 Å². The van der Waals surface area contributed by atoms with Crippen LogP contribution in [0.4, 0.5) is 0 Å². The molecule has 750 valence electrons. The van der Waals surface area contributed by atoms with Crippen molar-refractivity contribution in [1.82, 2.24) is 68.6 Å². The van der Waals surface area contributed by atoms with E-state index < -0.39 is 103 Å². The van der Waals surface area contributed by atoms with Crippen molar-refractivity contribution in [1.29, 1.82) is 0 Å². The van der Waals surface area contributed by atoms with Crippen molar-refractivity contribution in [2.45, 2.75) is 194 Å². The number of halogens is 2. The third-order valence-corrected chi connectivity index (χ3v) is 24.7. The molecule has 51 heteroatoms. The number of likely N-dealkylation sites (N-methyl/N-ethyl adjacent to an activating group) is 7. The lowest BCUT2D eigenvalue weighted by Crippen LogP contribution is -2.50. The number of benzene rings is 3. The molecule has 7 atom stereocenters. The first-order chi connectivity index (χ1) is 63.5. The number of amides is 14. The normalized spacial score (nSPS) is 18.5. The Morgan fingerprint density at radius 1 is 0.368 bits per heavy atom. The van der Waals surface area contributed by atoms with E-state index in [4.69, 9.17) is 43.3 Å². The minimum Gasteiger partial charge on any atom is -0.426 e. The molecule has 0 bridgehead atoms. The Morgan fingerprint density at radius 3 is 0.875 bits per heavy atom. The molecule has 0 saturated carbocycles. The lowest BCUT2D eigenvalue weighted by molar-refractivity contribution is -0.144. The van der Waals surface area contributed by atoms with Crippen molar-refractivity contribution in [2.75, 3.05) is 141 Å². The van der Waals surface area contributed by atoms with Gasteiger partial charge in [-0.3, -0.25) is 67.1 Å². The molecule has 7 saturated heterocycles. The molecule has 14 N–H and O–H groups in total. The standard InChI is InChI=1S/C17H25BN2O4.C14H17BCl2N2O4.C14H19BN2O4.C12H23BN2O4.C11H21BN2O4.C9H17BN2O4.C8H15BN2O4/c1-11-8-12(2)16(13(3)9-11)17(22)19(4)10-15(21)20-7-5-6-14(20)18(23)24;1-18(14(21)13-9(16)4-2-5-10(13)17)8-12(20)19-7-3-6-11(19)15(22)23;1-16(14(19)11-6-3-2-4-7-11)10-13(18)17-9-5-8-12(17)15(20)21;1-12(2,3)11(17)14(4)8-10(16)15-7-5-6-9(15)13(18)19;1-8(2)11(16)13(3)7-10(15)14-6-4-5-9(14)12(17)18;1-7(13)11(2)6-9(14)12-5-3-4-8(12)10(15)16;1-10(6-12)5-8(13)11-4-2-3-7(11)9(14)15/h8-9,14,23-24H,5-7,10H2,1-4H3;2,4-5,11,22-23H,3,6-8H2,1H3;2-4,6-7,12,20-21H,5,8-10H2,1H3;9,18-19H,5-8H2,1-4H3;8-9,17-18H,4-7H2,1-3H3;8,15-16H,3-6H2,1-2H3;6-7,14-15H,2-5H2,1H3. The van der Waals surface area contributed by atoms with Gasteiger partial charge in [0.1, 0.15) is 0 Å². The molecular weight excluding hydrogens is 1810 g/mol. The quantitative estimate of drug-likeness (QED) is 0.0276. The molecule has 7 aliphatic rings. The van der Waals surface area contributed by atoms with Crippen molar-refractivity contribution < 1.29 is 137 Å². The second kappa shape index (κ2) is 56.7. The van der Waals surface area contributed by atoms with E-state index in [2.05, 4.69) is 0 Å². The van der Waals surface area contributed by atoms with Gasteiger partial charge in [-0.25, -0.2) is 0 Å². The largest absolute Gasteiger partial charge is 0.475 e. The molecule has 0 aliphatic carbocycles. The predicted octanol–water partition coefficient (Wildman–Crippen LogP) is -3.34. The Labute approximate surface area is 808 Å². The lowest BCUT2D eigenvalue weighted by atomic mass is 9.78. The monoisotopic (exact) mass is 1950 g/mol. The van der Waals surface area contributed by atoms with Crippen LogP contribution in [-0.4, -0.2) is 455 Å². The van der Waals surface area contributed by atoms with Gasteiger partial charge in [-0.2, -0.15) is 0 Å². The Bertz CT molecular complexity index is 4440. The van der Waals surface area contributed by atoms with Gasteiger partial charge in [-0.15, -0.1) is 0 Å². The third kappa shape index (κ3) is 35.9. The fraction of sp³-hybridized carbons (Fsp3) is 0.624. The zero-order chi connectivity index (χ0) is 103. The molecule has 14 amide bonds. The first-order valence-corrected chi connectivity index (χ1v) is 46.1. The van der Waals surface area contributed by atoms with E-state index in [-0.39, 0.29) is 138 Å². The lowest BCUT2D eigenvalue weighted by Gasteiger charge is -2.29. The van der Waals surface area contributed by atoms with Crippen LogP contribution >= 0.6 is 23.2 Å². The summed E-state index contributed by atoms with van der Waals surface area (Å²) in [6.07, 6.45) is 9.80. The smallest absolute Gasteiger partial charge is 0.426 e. The molecule has 3 aromatic rings. The van der Waals surface area contributed by atoms with Crippen LogP contribution in [0.1, 0.15) is 179 Å². The summed E-state index contributed by atoms with van der Waals surface area (Å²) in [6, 6.07) is 17.4. The first kappa shape index (κ1) is 119. The van der Waals surface area contributed by atoms with Gasteiger partial charge < -0.3 is 139 Å². The number of carbonyl (C=O) groups excluding carboxylic acids is 14. The van der Waals surface area contributed by atoms with E-state index in [0.717, 1.165) is 55.2 Å². The van der Waals surface area contributed by atoms with Gasteiger partial charge in [-0.1, -0.05) is 99.8 Å². The maximum Gasteiger partial charge on any atom is 0.475 e. The average Bonchev–Trinajstić information content (AvgIpc) is 1.23. The van der Waals surface area contributed by atoms with E-state index >= 15 is 0 Å². The SMILES string of the molecule is CC(=O)N(C)CC(=O)N1CCCC1B(O)O.CC(C)C(=O)N(C)CC(=O)N1CCCC1B(O)O.CN(C=O)CC(=O)N1CCCC1B(O)O.CN(CC(=O)N1CCCC1B(O)O)C(=O)C(C)(C)C.CN(CC(=O)N1CCCC1B(O)O)C(=O)c1c(Cl)cccc1Cl.CN(CC(=O)N1CCCC1B(O)O)C(=O)c1ccccc1.Cc1cc(C)c(C(=O)N(C)CC(=O)N2CCCC2B(O)O)c(C)c1. The van der Waals surface area contributed by atoms with Crippen LogP contribution in [0.25, 0.3) is 0 Å². The minimum atomic E-state index is -1.58. The molecule has 42 nitrogen and oxygen atoms in total. The molecule has 0 spiro atoms.